The van der Waals surface area contributed by atoms with Crippen LogP contribution in [-0.2, 0) is 24.1 Å². The van der Waals surface area contributed by atoms with Crippen molar-refractivity contribution in [3.63, 3.8) is 0 Å². The number of rotatable bonds is 7. The van der Waals surface area contributed by atoms with Gasteiger partial charge in [-0.3, -0.25) is 0 Å². The average molecular weight is 285 g/mol. The summed E-state index contributed by atoms with van der Waals surface area (Å²) in [6.45, 7) is 2.52. The zero-order valence-electron chi connectivity index (χ0n) is 13.1. The van der Waals surface area contributed by atoms with E-state index < -0.39 is 0 Å². The van der Waals surface area contributed by atoms with Gasteiger partial charge in [-0.05, 0) is 61.6 Å². The lowest BCUT2D eigenvalue weighted by Gasteiger charge is -2.37. The third-order valence-corrected chi connectivity index (χ3v) is 4.93. The molecule has 114 valence electrons. The summed E-state index contributed by atoms with van der Waals surface area (Å²) in [4.78, 5) is 12.9. The largest absolute Gasteiger partial charge is 0.371 e. The fourth-order valence-corrected chi connectivity index (χ4v) is 3.93. The van der Waals surface area contributed by atoms with Crippen LogP contribution in [0, 0.1) is 0 Å². The standard InChI is InChI=1S/C19H27NO/c21-13-5-3-1-2-4-8-16-14-17-9-6-11-20-12-7-10-18(15-16)19(17)20/h13-15H,1-12H2. The molecule has 1 aromatic carbocycles. The van der Waals surface area contributed by atoms with Crippen LogP contribution in [0.5, 0.6) is 0 Å². The Kier molecular flexibility index (Phi) is 4.95. The van der Waals surface area contributed by atoms with Crippen LogP contribution in [-0.4, -0.2) is 19.4 Å². The molecule has 0 N–H and O–H groups in total. The molecule has 0 saturated heterocycles. The quantitative estimate of drug-likeness (QED) is 0.556. The van der Waals surface area contributed by atoms with Gasteiger partial charge in [0, 0.05) is 25.2 Å². The van der Waals surface area contributed by atoms with Gasteiger partial charge in [-0.25, -0.2) is 0 Å². The zero-order chi connectivity index (χ0) is 14.5. The number of nitrogens with zero attached hydrogens (tertiary/aromatic N) is 1. The van der Waals surface area contributed by atoms with Crippen molar-refractivity contribution in [2.24, 2.45) is 0 Å². The molecule has 3 rings (SSSR count). The number of benzene rings is 1. The number of aryl methyl sites for hydroxylation is 3. The number of carbonyl (C=O) groups is 1. The summed E-state index contributed by atoms with van der Waals surface area (Å²) >= 11 is 0. The van der Waals surface area contributed by atoms with Crippen LogP contribution < -0.4 is 4.90 Å². The lowest BCUT2D eigenvalue weighted by Crippen LogP contribution is -2.34. The Morgan fingerprint density at radius 3 is 2.29 bits per heavy atom. The molecule has 2 aliphatic rings. The van der Waals surface area contributed by atoms with E-state index in [0.29, 0.717) is 0 Å². The number of hydrogen-bond donors (Lipinski definition) is 0. The molecule has 0 fully saturated rings. The summed E-state index contributed by atoms with van der Waals surface area (Å²) in [5, 5.41) is 0. The maximum absolute atomic E-state index is 10.3. The van der Waals surface area contributed by atoms with E-state index in [-0.39, 0.29) is 0 Å². The van der Waals surface area contributed by atoms with Gasteiger partial charge in [-0.15, -0.1) is 0 Å². The molecular formula is C19H27NO. The Morgan fingerprint density at radius 1 is 0.952 bits per heavy atom. The van der Waals surface area contributed by atoms with Gasteiger partial charge in [0.15, 0.2) is 0 Å². The third kappa shape index (κ3) is 3.48. The van der Waals surface area contributed by atoms with Crippen molar-refractivity contribution >= 4 is 12.0 Å². The van der Waals surface area contributed by atoms with Crippen LogP contribution in [0.2, 0.25) is 0 Å². The monoisotopic (exact) mass is 285 g/mol. The second-order valence-corrected chi connectivity index (χ2v) is 6.58. The fraction of sp³-hybridized carbons (Fsp3) is 0.632. The number of anilines is 1. The first-order chi connectivity index (χ1) is 10.4. The van der Waals surface area contributed by atoms with Crippen molar-refractivity contribution < 1.29 is 4.79 Å². The minimum Gasteiger partial charge on any atom is -0.371 e. The molecule has 0 bridgehead atoms. The Bertz CT molecular complexity index is 463. The highest BCUT2D eigenvalue weighted by Crippen LogP contribution is 2.36. The van der Waals surface area contributed by atoms with E-state index in [2.05, 4.69) is 17.0 Å². The predicted octanol–water partition coefficient (Wildman–Crippen LogP) is 4.08. The van der Waals surface area contributed by atoms with E-state index in [4.69, 9.17) is 0 Å². The van der Waals surface area contributed by atoms with Crippen molar-refractivity contribution in [2.45, 2.75) is 64.2 Å². The highest BCUT2D eigenvalue weighted by Gasteiger charge is 2.23. The molecule has 21 heavy (non-hydrogen) atoms. The molecule has 0 aromatic heterocycles. The van der Waals surface area contributed by atoms with Crippen molar-refractivity contribution in [1.29, 1.82) is 0 Å². The summed E-state index contributed by atoms with van der Waals surface area (Å²) in [6, 6.07) is 4.95. The normalized spacial score (nSPS) is 16.7. The highest BCUT2D eigenvalue weighted by atomic mass is 16.1. The first kappa shape index (κ1) is 14.6. The van der Waals surface area contributed by atoms with Crippen LogP contribution in [0.3, 0.4) is 0 Å². The molecule has 2 aliphatic heterocycles. The Hall–Kier alpha value is -1.31. The summed E-state index contributed by atoms with van der Waals surface area (Å²) in [7, 11) is 0. The number of aldehydes is 1. The lowest BCUT2D eigenvalue weighted by molar-refractivity contribution is -0.107. The molecule has 0 unspecified atom stereocenters. The Morgan fingerprint density at radius 2 is 1.62 bits per heavy atom. The minimum atomic E-state index is 0.735. The van der Waals surface area contributed by atoms with Gasteiger partial charge in [0.05, 0.1) is 0 Å². The SMILES string of the molecule is O=CCCCCCCc1cc2c3c(c1)CCCN3CCC2. The van der Waals surface area contributed by atoms with Gasteiger partial charge >= 0.3 is 0 Å². The van der Waals surface area contributed by atoms with E-state index in [1.165, 1.54) is 64.5 Å². The topological polar surface area (TPSA) is 20.3 Å². The molecule has 0 aliphatic carbocycles. The van der Waals surface area contributed by atoms with Crippen molar-refractivity contribution in [2.75, 3.05) is 18.0 Å². The molecule has 0 amide bonds. The van der Waals surface area contributed by atoms with Gasteiger partial charge < -0.3 is 9.69 Å². The van der Waals surface area contributed by atoms with Crippen LogP contribution in [0.1, 0.15) is 61.6 Å². The van der Waals surface area contributed by atoms with Gasteiger partial charge in [0.25, 0.3) is 0 Å². The van der Waals surface area contributed by atoms with Gasteiger partial charge in [0.1, 0.15) is 6.29 Å². The lowest BCUT2D eigenvalue weighted by atomic mass is 9.89. The molecule has 0 radical (unpaired) electrons. The average Bonchev–Trinajstić information content (AvgIpc) is 2.51. The molecular weight excluding hydrogens is 258 g/mol. The van der Waals surface area contributed by atoms with Crippen LogP contribution in [0.15, 0.2) is 12.1 Å². The zero-order valence-corrected chi connectivity index (χ0v) is 13.1. The molecule has 0 spiro atoms. The smallest absolute Gasteiger partial charge is 0.119 e. The molecule has 0 saturated carbocycles. The third-order valence-electron chi connectivity index (χ3n) is 4.93. The minimum absolute atomic E-state index is 0.735. The maximum atomic E-state index is 10.3. The molecule has 0 atom stereocenters. The fourth-order valence-electron chi connectivity index (χ4n) is 3.93. The number of hydrogen-bond acceptors (Lipinski definition) is 2. The second-order valence-electron chi connectivity index (χ2n) is 6.58. The summed E-state index contributed by atoms with van der Waals surface area (Å²) in [5.74, 6) is 0. The summed E-state index contributed by atoms with van der Waals surface area (Å²) < 4.78 is 0. The first-order valence-corrected chi connectivity index (χ1v) is 8.72. The van der Waals surface area contributed by atoms with Crippen molar-refractivity contribution in [3.8, 4) is 0 Å². The van der Waals surface area contributed by atoms with Crippen LogP contribution in [0.4, 0.5) is 5.69 Å². The van der Waals surface area contributed by atoms with E-state index in [1.54, 1.807) is 22.4 Å². The second kappa shape index (κ2) is 7.11. The van der Waals surface area contributed by atoms with Crippen LogP contribution >= 0.6 is 0 Å². The van der Waals surface area contributed by atoms with E-state index >= 15 is 0 Å². The Labute approximate surface area is 128 Å². The summed E-state index contributed by atoms with van der Waals surface area (Å²) in [6.07, 6.45) is 13.0. The van der Waals surface area contributed by atoms with Crippen molar-refractivity contribution in [1.82, 2.24) is 0 Å². The highest BCUT2D eigenvalue weighted by molar-refractivity contribution is 5.64. The molecule has 2 nitrogen and oxygen atoms in total. The number of carbonyl (C=O) groups excluding carboxylic acids is 1. The Balaban J connectivity index is 1.61. The van der Waals surface area contributed by atoms with Crippen LogP contribution in [0.25, 0.3) is 0 Å². The maximum Gasteiger partial charge on any atom is 0.119 e. The number of unbranched alkanes of at least 4 members (excludes halogenated alkanes) is 4. The van der Waals surface area contributed by atoms with Crippen molar-refractivity contribution in [3.05, 3.63) is 28.8 Å². The molecule has 2 heterocycles. The first-order valence-electron chi connectivity index (χ1n) is 8.72. The van der Waals surface area contributed by atoms with E-state index in [0.717, 1.165) is 19.1 Å². The molecule has 2 heteroatoms. The van der Waals surface area contributed by atoms with Gasteiger partial charge in [-0.1, -0.05) is 25.0 Å². The summed E-state index contributed by atoms with van der Waals surface area (Å²) in [5.41, 5.74) is 6.34. The van der Waals surface area contributed by atoms with E-state index in [1.807, 2.05) is 0 Å². The van der Waals surface area contributed by atoms with Gasteiger partial charge in [0.2, 0.25) is 0 Å². The van der Waals surface area contributed by atoms with Gasteiger partial charge in [-0.2, -0.15) is 0 Å². The van der Waals surface area contributed by atoms with E-state index in [9.17, 15) is 4.79 Å². The molecule has 1 aromatic rings. The predicted molar refractivity (Wildman–Crippen MR) is 88.2 cm³/mol.